The summed E-state index contributed by atoms with van der Waals surface area (Å²) in [6.07, 6.45) is -0.0107. The van der Waals surface area contributed by atoms with Crippen LogP contribution in [0.15, 0.2) is 12.1 Å². The van der Waals surface area contributed by atoms with E-state index in [-0.39, 0.29) is 13.2 Å². The number of methoxy groups -OCH3 is 1. The first-order valence-electron chi connectivity index (χ1n) is 5.64. The lowest BCUT2D eigenvalue weighted by Gasteiger charge is -2.26. The maximum atomic E-state index is 11.0. The second kappa shape index (κ2) is 4.40. The molecule has 0 amide bonds. The first-order chi connectivity index (χ1) is 8.45. The van der Waals surface area contributed by atoms with Crippen molar-refractivity contribution in [3.63, 3.8) is 0 Å². The molecule has 1 aliphatic rings. The molecule has 0 fully saturated rings. The fourth-order valence-electron chi connectivity index (χ4n) is 2.23. The van der Waals surface area contributed by atoms with Crippen LogP contribution >= 0.6 is 0 Å². The topological polar surface area (TPSA) is 65.0 Å². The molecule has 0 aliphatic carbocycles. The molecule has 0 bridgehead atoms. The zero-order chi connectivity index (χ0) is 13.3. The van der Waals surface area contributed by atoms with Crippen LogP contribution in [0.3, 0.4) is 0 Å². The fraction of sp³-hybridized carbons (Fsp3) is 0.462. The number of carboxylic acid groups (broad SMARTS) is 1. The Morgan fingerprint density at radius 3 is 2.78 bits per heavy atom. The Hall–Kier alpha value is -1.91. The van der Waals surface area contributed by atoms with E-state index < -0.39 is 11.4 Å². The number of fused-ring (bicyclic) bond motifs is 1. The summed E-state index contributed by atoms with van der Waals surface area (Å²) in [5, 5.41) is 9.01. The molecule has 1 aromatic carbocycles. The molecule has 98 valence electrons. The molecule has 2 rings (SSSR count). The fourth-order valence-corrected chi connectivity index (χ4v) is 2.23. The minimum atomic E-state index is -0.862. The van der Waals surface area contributed by atoms with E-state index in [0.29, 0.717) is 17.2 Å². The van der Waals surface area contributed by atoms with Gasteiger partial charge in [0.2, 0.25) is 6.79 Å². The summed E-state index contributed by atoms with van der Waals surface area (Å²) in [6.45, 7) is 3.85. The molecule has 0 saturated carbocycles. The van der Waals surface area contributed by atoms with Crippen LogP contribution in [0.1, 0.15) is 25.8 Å². The predicted octanol–water partition coefficient (Wildman–Crippen LogP) is 2.18. The van der Waals surface area contributed by atoms with Gasteiger partial charge in [-0.3, -0.25) is 4.79 Å². The van der Waals surface area contributed by atoms with E-state index in [1.807, 2.05) is 13.8 Å². The Labute approximate surface area is 105 Å². The largest absolute Gasteiger partial charge is 0.496 e. The lowest BCUT2D eigenvalue weighted by atomic mass is 9.80. The summed E-state index contributed by atoms with van der Waals surface area (Å²) in [5.41, 5.74) is 0.137. The molecule has 0 unspecified atom stereocenters. The summed E-state index contributed by atoms with van der Waals surface area (Å²) >= 11 is 0. The minimum Gasteiger partial charge on any atom is -0.496 e. The van der Waals surface area contributed by atoms with Gasteiger partial charge in [-0.15, -0.1) is 0 Å². The number of aliphatic carboxylic acids is 1. The van der Waals surface area contributed by atoms with Crippen molar-refractivity contribution < 1.29 is 24.1 Å². The summed E-state index contributed by atoms with van der Waals surface area (Å²) in [6, 6.07) is 3.54. The molecule has 1 N–H and O–H groups in total. The highest BCUT2D eigenvalue weighted by molar-refractivity contribution is 5.70. The van der Waals surface area contributed by atoms with Crippen molar-refractivity contribution in [3.05, 3.63) is 17.7 Å². The Morgan fingerprint density at radius 2 is 2.17 bits per heavy atom. The molecule has 1 heterocycles. The van der Waals surface area contributed by atoms with Crippen molar-refractivity contribution in [2.45, 2.75) is 25.7 Å². The Kier molecular flexibility index (Phi) is 3.07. The van der Waals surface area contributed by atoms with Gasteiger partial charge in [-0.2, -0.15) is 0 Å². The van der Waals surface area contributed by atoms with Gasteiger partial charge in [0.05, 0.1) is 13.5 Å². The van der Waals surface area contributed by atoms with Gasteiger partial charge in [0.15, 0.2) is 11.5 Å². The average molecular weight is 252 g/mol. The standard InChI is InChI=1S/C13H16O5/c1-13(2,6-10(14)15)11-8(16-3)4-5-9-12(11)18-7-17-9/h4-5H,6-7H2,1-3H3,(H,14,15). The number of rotatable bonds is 4. The SMILES string of the molecule is COc1ccc2c(c1C(C)(C)CC(=O)O)OCO2. The first kappa shape index (κ1) is 12.5. The molecule has 0 radical (unpaired) electrons. The lowest BCUT2D eigenvalue weighted by Crippen LogP contribution is -2.23. The third kappa shape index (κ3) is 2.08. The van der Waals surface area contributed by atoms with E-state index >= 15 is 0 Å². The highest BCUT2D eigenvalue weighted by Gasteiger charge is 2.34. The molecule has 1 aliphatic heterocycles. The number of benzene rings is 1. The van der Waals surface area contributed by atoms with Gasteiger partial charge in [0.1, 0.15) is 5.75 Å². The highest BCUT2D eigenvalue weighted by atomic mass is 16.7. The number of hydrogen-bond acceptors (Lipinski definition) is 4. The Morgan fingerprint density at radius 1 is 1.44 bits per heavy atom. The van der Waals surface area contributed by atoms with E-state index in [9.17, 15) is 4.79 Å². The smallest absolute Gasteiger partial charge is 0.304 e. The van der Waals surface area contributed by atoms with E-state index in [4.69, 9.17) is 19.3 Å². The van der Waals surface area contributed by atoms with Gasteiger partial charge in [0, 0.05) is 11.0 Å². The van der Waals surface area contributed by atoms with Crippen molar-refractivity contribution in [3.8, 4) is 17.2 Å². The molecule has 0 saturated heterocycles. The maximum Gasteiger partial charge on any atom is 0.304 e. The summed E-state index contributed by atoms with van der Waals surface area (Å²) in [7, 11) is 1.55. The first-order valence-corrected chi connectivity index (χ1v) is 5.64. The van der Waals surface area contributed by atoms with Crippen molar-refractivity contribution in [1.29, 1.82) is 0 Å². The molecule has 18 heavy (non-hydrogen) atoms. The number of ether oxygens (including phenoxy) is 3. The number of hydrogen-bond donors (Lipinski definition) is 1. The van der Waals surface area contributed by atoms with Crippen molar-refractivity contribution in [2.75, 3.05) is 13.9 Å². The minimum absolute atomic E-state index is 0.0107. The monoisotopic (exact) mass is 252 g/mol. The van der Waals surface area contributed by atoms with E-state index in [0.717, 1.165) is 5.56 Å². The van der Waals surface area contributed by atoms with Gasteiger partial charge < -0.3 is 19.3 Å². The highest BCUT2D eigenvalue weighted by Crippen LogP contribution is 2.47. The molecule has 1 aromatic rings. The Balaban J connectivity index is 2.54. The van der Waals surface area contributed by atoms with Crippen LogP contribution in [0.4, 0.5) is 0 Å². The van der Waals surface area contributed by atoms with Crippen molar-refractivity contribution in [1.82, 2.24) is 0 Å². The van der Waals surface area contributed by atoms with Crippen LogP contribution in [0.25, 0.3) is 0 Å². The average Bonchev–Trinajstić information content (AvgIpc) is 2.73. The van der Waals surface area contributed by atoms with Gasteiger partial charge >= 0.3 is 5.97 Å². The molecular weight excluding hydrogens is 236 g/mol. The van der Waals surface area contributed by atoms with Crippen molar-refractivity contribution >= 4 is 5.97 Å². The second-order valence-electron chi connectivity index (χ2n) is 4.83. The molecule has 0 spiro atoms. The zero-order valence-electron chi connectivity index (χ0n) is 10.6. The second-order valence-corrected chi connectivity index (χ2v) is 4.83. The zero-order valence-corrected chi connectivity index (χ0v) is 10.6. The third-order valence-electron chi connectivity index (χ3n) is 2.99. The summed E-state index contributed by atoms with van der Waals surface area (Å²) in [4.78, 5) is 11.0. The molecule has 5 heteroatoms. The predicted molar refractivity (Wildman–Crippen MR) is 64.4 cm³/mol. The number of carboxylic acids is 1. The van der Waals surface area contributed by atoms with Gasteiger partial charge in [-0.05, 0) is 12.1 Å². The van der Waals surface area contributed by atoms with Gasteiger partial charge in [-0.25, -0.2) is 0 Å². The van der Waals surface area contributed by atoms with Gasteiger partial charge in [0.25, 0.3) is 0 Å². The number of carbonyl (C=O) groups is 1. The Bertz CT molecular complexity index is 479. The van der Waals surface area contributed by atoms with E-state index in [1.165, 1.54) is 0 Å². The van der Waals surface area contributed by atoms with Crippen LogP contribution in [0.5, 0.6) is 17.2 Å². The quantitative estimate of drug-likeness (QED) is 0.889. The summed E-state index contributed by atoms with van der Waals surface area (Å²) < 4.78 is 16.1. The lowest BCUT2D eigenvalue weighted by molar-refractivity contribution is -0.138. The van der Waals surface area contributed by atoms with E-state index in [2.05, 4.69) is 0 Å². The van der Waals surface area contributed by atoms with Crippen LogP contribution in [0, 0.1) is 0 Å². The van der Waals surface area contributed by atoms with Crippen LogP contribution in [-0.2, 0) is 10.2 Å². The molecular formula is C13H16O5. The van der Waals surface area contributed by atoms with Crippen LogP contribution in [-0.4, -0.2) is 25.0 Å². The third-order valence-corrected chi connectivity index (χ3v) is 2.99. The van der Waals surface area contributed by atoms with Crippen molar-refractivity contribution in [2.24, 2.45) is 0 Å². The van der Waals surface area contributed by atoms with Crippen LogP contribution < -0.4 is 14.2 Å². The van der Waals surface area contributed by atoms with Gasteiger partial charge in [-0.1, -0.05) is 13.8 Å². The van der Waals surface area contributed by atoms with Crippen LogP contribution in [0.2, 0.25) is 0 Å². The maximum absolute atomic E-state index is 11.0. The molecule has 0 atom stereocenters. The molecule has 5 nitrogen and oxygen atoms in total. The molecule has 0 aromatic heterocycles. The van der Waals surface area contributed by atoms with E-state index in [1.54, 1.807) is 19.2 Å². The normalized spacial score (nSPS) is 13.5. The summed E-state index contributed by atoms with van der Waals surface area (Å²) in [5.74, 6) is 0.967.